The standard InChI is InChI=1S/C23H22F2N6OS/c1-14-11-26-9-10-30(14)16-7-5-15(6-8-16)28-23-27-12-17-21(29-23)33-13-31(22(17)32)20-18(24)3-2-4-19(20)25/h2-8,12,14,26H,9-11,13H2,1H3,(H,27,28,29)/t14-/m0/s1. The fraction of sp³-hybridized carbons (Fsp3) is 0.261. The molecule has 1 aromatic heterocycles. The summed E-state index contributed by atoms with van der Waals surface area (Å²) in [6.45, 7) is 5.08. The number of fused-ring (bicyclic) bond motifs is 1. The van der Waals surface area contributed by atoms with Crippen molar-refractivity contribution in [3.63, 3.8) is 0 Å². The Morgan fingerprint density at radius 2 is 1.91 bits per heavy atom. The van der Waals surface area contributed by atoms with Gasteiger partial charge in [-0.15, -0.1) is 0 Å². The summed E-state index contributed by atoms with van der Waals surface area (Å²) in [4.78, 5) is 25.0. The maximum Gasteiger partial charge on any atom is 0.263 e. The Hall–Kier alpha value is -3.24. The molecular weight excluding hydrogens is 446 g/mol. The number of aromatic nitrogens is 2. The Balaban J connectivity index is 1.32. The second kappa shape index (κ2) is 8.95. The van der Waals surface area contributed by atoms with Crippen LogP contribution < -0.4 is 20.4 Å². The van der Waals surface area contributed by atoms with Crippen molar-refractivity contribution in [2.24, 2.45) is 0 Å². The first-order valence-electron chi connectivity index (χ1n) is 10.6. The lowest BCUT2D eigenvalue weighted by atomic mass is 10.1. The van der Waals surface area contributed by atoms with E-state index in [2.05, 4.69) is 44.6 Å². The van der Waals surface area contributed by atoms with Gasteiger partial charge in [0.15, 0.2) is 0 Å². The zero-order chi connectivity index (χ0) is 22.9. The fourth-order valence-electron chi connectivity index (χ4n) is 4.02. The van der Waals surface area contributed by atoms with Crippen LogP contribution in [0.3, 0.4) is 0 Å². The Morgan fingerprint density at radius 1 is 1.15 bits per heavy atom. The minimum atomic E-state index is -0.787. The molecule has 2 aromatic carbocycles. The first kappa shape index (κ1) is 21.6. The smallest absolute Gasteiger partial charge is 0.263 e. The van der Waals surface area contributed by atoms with Crippen molar-refractivity contribution in [3.8, 4) is 0 Å². The highest BCUT2D eigenvalue weighted by atomic mass is 32.2. The molecule has 2 aliphatic heterocycles. The molecule has 7 nitrogen and oxygen atoms in total. The van der Waals surface area contributed by atoms with Crippen molar-refractivity contribution >= 4 is 40.7 Å². The molecule has 10 heteroatoms. The molecule has 170 valence electrons. The first-order valence-corrected chi connectivity index (χ1v) is 11.6. The molecule has 1 atom stereocenters. The van der Waals surface area contributed by atoms with Crippen molar-refractivity contribution in [2.45, 2.75) is 18.0 Å². The number of thioether (sulfide) groups is 1. The number of rotatable bonds is 4. The van der Waals surface area contributed by atoms with E-state index >= 15 is 0 Å². The van der Waals surface area contributed by atoms with Crippen LogP contribution in [0.25, 0.3) is 0 Å². The number of nitrogens with one attached hydrogen (secondary N) is 2. The van der Waals surface area contributed by atoms with E-state index in [0.717, 1.165) is 48.0 Å². The zero-order valence-corrected chi connectivity index (χ0v) is 18.7. The molecule has 1 saturated heterocycles. The van der Waals surface area contributed by atoms with Gasteiger partial charge in [-0.2, -0.15) is 0 Å². The van der Waals surface area contributed by atoms with Crippen LogP contribution in [0.1, 0.15) is 17.3 Å². The predicted molar refractivity (Wildman–Crippen MR) is 125 cm³/mol. The molecule has 3 aromatic rings. The molecule has 0 unspecified atom stereocenters. The monoisotopic (exact) mass is 468 g/mol. The van der Waals surface area contributed by atoms with Gasteiger partial charge in [-0.25, -0.2) is 18.7 Å². The Morgan fingerprint density at radius 3 is 2.64 bits per heavy atom. The van der Waals surface area contributed by atoms with Gasteiger partial charge in [0.2, 0.25) is 5.95 Å². The summed E-state index contributed by atoms with van der Waals surface area (Å²) in [5.74, 6) is -1.70. The van der Waals surface area contributed by atoms with Crippen molar-refractivity contribution in [3.05, 3.63) is 65.9 Å². The Kier molecular flexibility index (Phi) is 5.86. The molecule has 0 aliphatic carbocycles. The Bertz CT molecular complexity index is 1170. The van der Waals surface area contributed by atoms with E-state index in [1.807, 2.05) is 12.1 Å². The number of hydrogen-bond donors (Lipinski definition) is 2. The summed E-state index contributed by atoms with van der Waals surface area (Å²) in [5, 5.41) is 7.02. The van der Waals surface area contributed by atoms with Crippen molar-refractivity contribution in [2.75, 3.05) is 40.6 Å². The van der Waals surface area contributed by atoms with E-state index < -0.39 is 17.5 Å². The molecule has 1 amide bonds. The van der Waals surface area contributed by atoms with Crippen LogP contribution in [0.2, 0.25) is 0 Å². The van der Waals surface area contributed by atoms with Crippen molar-refractivity contribution < 1.29 is 13.6 Å². The van der Waals surface area contributed by atoms with Gasteiger partial charge in [0.25, 0.3) is 5.91 Å². The molecule has 1 fully saturated rings. The maximum absolute atomic E-state index is 14.2. The van der Waals surface area contributed by atoms with Crippen LogP contribution in [0.5, 0.6) is 0 Å². The number of nitrogens with zero attached hydrogens (tertiary/aromatic N) is 4. The predicted octanol–water partition coefficient (Wildman–Crippen LogP) is 4.01. The first-order chi connectivity index (χ1) is 16.0. The van der Waals surface area contributed by atoms with Gasteiger partial charge in [-0.05, 0) is 43.3 Å². The number of carbonyl (C=O) groups excluding carboxylic acids is 1. The van der Waals surface area contributed by atoms with E-state index in [1.54, 1.807) is 0 Å². The summed E-state index contributed by atoms with van der Waals surface area (Å²) in [6.07, 6.45) is 1.39. The molecule has 33 heavy (non-hydrogen) atoms. The highest BCUT2D eigenvalue weighted by Crippen LogP contribution is 2.35. The molecular formula is C23H22F2N6OS. The summed E-state index contributed by atoms with van der Waals surface area (Å²) in [6, 6.07) is 12.0. The average Bonchev–Trinajstić information content (AvgIpc) is 2.81. The molecule has 3 heterocycles. The summed E-state index contributed by atoms with van der Waals surface area (Å²) < 4.78 is 28.3. The quantitative estimate of drug-likeness (QED) is 0.561. The number of amides is 1. The van der Waals surface area contributed by atoms with Gasteiger partial charge in [0.05, 0.1) is 11.4 Å². The van der Waals surface area contributed by atoms with E-state index in [4.69, 9.17) is 0 Å². The summed E-state index contributed by atoms with van der Waals surface area (Å²) >= 11 is 1.23. The van der Waals surface area contributed by atoms with Gasteiger partial charge >= 0.3 is 0 Å². The van der Waals surface area contributed by atoms with Gasteiger partial charge in [0.1, 0.15) is 22.3 Å². The van der Waals surface area contributed by atoms with E-state index in [9.17, 15) is 13.6 Å². The summed E-state index contributed by atoms with van der Waals surface area (Å²) in [7, 11) is 0. The molecule has 0 bridgehead atoms. The highest BCUT2D eigenvalue weighted by Gasteiger charge is 2.31. The number of para-hydroxylation sites is 1. The van der Waals surface area contributed by atoms with Gasteiger partial charge in [-0.3, -0.25) is 9.69 Å². The van der Waals surface area contributed by atoms with Gasteiger partial charge in [-0.1, -0.05) is 17.8 Å². The van der Waals surface area contributed by atoms with Crippen LogP contribution in [0.15, 0.2) is 53.7 Å². The molecule has 0 spiro atoms. The third-order valence-corrected chi connectivity index (χ3v) is 6.70. The molecule has 0 radical (unpaired) electrons. The highest BCUT2D eigenvalue weighted by molar-refractivity contribution is 7.99. The molecule has 2 aliphatic rings. The number of hydrogen-bond acceptors (Lipinski definition) is 7. The van der Waals surface area contributed by atoms with Crippen LogP contribution in [0, 0.1) is 11.6 Å². The van der Waals surface area contributed by atoms with Crippen LogP contribution >= 0.6 is 11.8 Å². The molecule has 5 rings (SSSR count). The minimum Gasteiger partial charge on any atom is -0.366 e. The molecule has 0 saturated carbocycles. The van der Waals surface area contributed by atoms with Gasteiger partial charge in [0, 0.05) is 43.2 Å². The second-order valence-corrected chi connectivity index (χ2v) is 8.84. The third kappa shape index (κ3) is 4.23. The van der Waals surface area contributed by atoms with E-state index in [1.165, 1.54) is 24.0 Å². The number of halogens is 2. The normalized spacial score (nSPS) is 18.3. The van der Waals surface area contributed by atoms with Crippen LogP contribution in [-0.4, -0.2) is 47.4 Å². The maximum atomic E-state index is 14.2. The second-order valence-electron chi connectivity index (χ2n) is 7.91. The average molecular weight is 469 g/mol. The third-order valence-electron chi connectivity index (χ3n) is 5.72. The minimum absolute atomic E-state index is 0.0533. The van der Waals surface area contributed by atoms with Crippen LogP contribution in [0.4, 0.5) is 31.8 Å². The van der Waals surface area contributed by atoms with E-state index in [0.29, 0.717) is 17.0 Å². The van der Waals surface area contributed by atoms with Crippen molar-refractivity contribution in [1.82, 2.24) is 15.3 Å². The number of benzene rings is 2. The number of carbonyl (C=O) groups is 1. The number of anilines is 4. The SMILES string of the molecule is C[C@H]1CNCCN1c1ccc(Nc2ncc3c(n2)SCN(c2c(F)cccc2F)C3=O)cc1. The summed E-state index contributed by atoms with van der Waals surface area (Å²) in [5.41, 5.74) is 1.83. The Labute approximate surface area is 194 Å². The lowest BCUT2D eigenvalue weighted by Crippen LogP contribution is -2.49. The zero-order valence-electron chi connectivity index (χ0n) is 17.9. The van der Waals surface area contributed by atoms with Gasteiger partial charge < -0.3 is 15.5 Å². The lowest BCUT2D eigenvalue weighted by Gasteiger charge is -2.36. The topological polar surface area (TPSA) is 73.4 Å². The van der Waals surface area contributed by atoms with Crippen LogP contribution in [-0.2, 0) is 0 Å². The largest absolute Gasteiger partial charge is 0.366 e. The fourth-order valence-corrected chi connectivity index (χ4v) is 4.96. The lowest BCUT2D eigenvalue weighted by molar-refractivity contribution is 0.0984. The van der Waals surface area contributed by atoms with Crippen molar-refractivity contribution in [1.29, 1.82) is 0 Å². The number of piperazine rings is 1. The van der Waals surface area contributed by atoms with E-state index in [-0.39, 0.29) is 17.1 Å². The molecule has 2 N–H and O–H groups in total.